The Kier molecular flexibility index (Phi) is 42.3. The maximum atomic E-state index is 13.8. The van der Waals surface area contributed by atoms with Gasteiger partial charge in [-0.05, 0) is 50.7 Å². The van der Waals surface area contributed by atoms with Crippen molar-refractivity contribution in [2.24, 2.45) is 0 Å². The predicted octanol–water partition coefficient (Wildman–Crippen LogP) is -12.7. The molecule has 6 aliphatic heterocycles. The molecule has 30 unspecified atom stereocenters. The molecule has 0 bridgehead atoms. The highest BCUT2D eigenvalue weighted by atomic mass is 16.8. The highest BCUT2D eigenvalue weighted by molar-refractivity contribution is 5.84. The molecule has 6 fully saturated rings. The van der Waals surface area contributed by atoms with Crippen LogP contribution >= 0.6 is 0 Å². The number of aliphatic hydroxyl groups excluding tert-OH is 17. The molecular formula is C66H109N7O42. The lowest BCUT2D eigenvalue weighted by Crippen LogP contribution is -2.69. The zero-order valence-electron chi connectivity index (χ0n) is 62.1. The van der Waals surface area contributed by atoms with E-state index in [1.807, 2.05) is 0 Å². The van der Waals surface area contributed by atoms with E-state index in [4.69, 9.17) is 96.2 Å². The quantitative estimate of drug-likeness (QED) is 0.00957. The van der Waals surface area contributed by atoms with Gasteiger partial charge in [0.05, 0.1) is 11.5 Å². The van der Waals surface area contributed by atoms with Crippen LogP contribution in [0.2, 0.25) is 0 Å². The van der Waals surface area contributed by atoms with E-state index in [-0.39, 0.29) is 136 Å². The smallest absolute Gasteiger partial charge is 0.434 e. The normalized spacial score (nSPS) is 35.2. The Bertz CT molecular complexity index is 3130. The van der Waals surface area contributed by atoms with Crippen LogP contribution in [-0.4, -0.2) is 425 Å². The standard InChI is InChI=1S/C36H54N4O23.C29H51N3O19.CH4/c1-55-24-18(43)22(47)34(62-27(24)30(49)37-10-3-13-41)60-26-20(45)23(48)35(59-25-19(44)21(46)33(56-2)61-28(25)31(50)38-11-4-14-42)63-29(26)32(51)39-12-5-15-57-36(52)58-17-8-6-16(7-9-17)40(53)54;1-45-18-12(36)16(40)28(50-21(18)24(42)30-6-3-9-33)48-20-14(38)17(41)29(51-23(20)26(44)32-8-5-11-35)47-19-13(37)15(39)27(46-2)49-22(19)25(43)31-7-4-10-34;/h6-9,18-29,33-35,41-48H,3-5,10-15H2,1-2H3,(H,37,49)(H,38,50)(H,39,51);12-23,27-29,33-41H,3-11H2,1-2H3,(H,30,42)(H,31,43)(H,32,44);1H4. The number of hydrogen-bond donors (Lipinski definition) is 23. The molecule has 0 aromatic heterocycles. The van der Waals surface area contributed by atoms with E-state index >= 15 is 0 Å². The number of rotatable bonds is 39. The largest absolute Gasteiger partial charge is 0.513 e. The van der Waals surface area contributed by atoms with Crippen molar-refractivity contribution in [3.8, 4) is 5.75 Å². The number of amides is 6. The zero-order valence-corrected chi connectivity index (χ0v) is 62.1. The van der Waals surface area contributed by atoms with Gasteiger partial charge in [-0.1, -0.05) is 7.43 Å². The Morgan fingerprint density at radius 2 is 0.574 bits per heavy atom. The average molecular weight is 1670 g/mol. The number of benzene rings is 1. The van der Waals surface area contributed by atoms with Gasteiger partial charge in [0.15, 0.2) is 74.4 Å². The molecule has 49 heteroatoms. The van der Waals surface area contributed by atoms with Crippen molar-refractivity contribution in [2.75, 3.05) is 107 Å². The summed E-state index contributed by atoms with van der Waals surface area (Å²) in [6, 6.07) is 4.54. The van der Waals surface area contributed by atoms with Crippen molar-refractivity contribution in [1.82, 2.24) is 31.9 Å². The van der Waals surface area contributed by atoms with Gasteiger partial charge in [-0.25, -0.2) is 4.79 Å². The third kappa shape index (κ3) is 26.5. The molecule has 0 radical (unpaired) electrons. The van der Waals surface area contributed by atoms with Gasteiger partial charge in [0.1, 0.15) is 116 Å². The summed E-state index contributed by atoms with van der Waals surface area (Å²) in [5.74, 6) is -5.64. The summed E-state index contributed by atoms with van der Waals surface area (Å²) in [5, 5.41) is 203. The van der Waals surface area contributed by atoms with Crippen LogP contribution in [-0.2, 0) is 99.8 Å². The summed E-state index contributed by atoms with van der Waals surface area (Å²) in [5.41, 5.74) is -0.246. The van der Waals surface area contributed by atoms with E-state index < -0.39 is 231 Å². The fourth-order valence-electron chi connectivity index (χ4n) is 12.1. The van der Waals surface area contributed by atoms with Crippen molar-refractivity contribution >= 4 is 47.3 Å². The van der Waals surface area contributed by atoms with Gasteiger partial charge in [-0.15, -0.1) is 0 Å². The number of non-ortho nitro benzene ring substituents is 1. The van der Waals surface area contributed by atoms with Gasteiger partial charge in [0, 0.05) is 113 Å². The average Bonchev–Trinajstić information content (AvgIpc) is 0.771. The lowest BCUT2D eigenvalue weighted by Gasteiger charge is -2.48. The van der Waals surface area contributed by atoms with Crippen molar-refractivity contribution < 1.29 is 201 Å². The van der Waals surface area contributed by atoms with Crippen LogP contribution < -0.4 is 36.6 Å². The highest BCUT2D eigenvalue weighted by Gasteiger charge is 2.60. The SMILES string of the molecule is C.COC1OC(C(=O)NCCCO)C(OC2OC(C(=O)NCCCO)C(OC3OC(C(=O)NCCCO)C(OC)C(O)C3O)C(O)C2O)C(O)C1O.COC1OC(C(=O)NCCCO)C(OC2OC(C(=O)NCCCOC(=O)Oc3ccc([N+](=O)[O-])cc3)C(OC3OC(C(=O)NCCCO)C(OC)C(O)C3O)C(O)C2O)C(O)C1O. The number of aliphatic hydroxyl groups is 17. The van der Waals surface area contributed by atoms with Crippen LogP contribution in [0.1, 0.15) is 46.0 Å². The molecule has 660 valence electrons. The molecule has 6 amide bonds. The van der Waals surface area contributed by atoms with Crippen LogP contribution in [0.5, 0.6) is 5.75 Å². The molecule has 115 heavy (non-hydrogen) atoms. The van der Waals surface area contributed by atoms with Crippen molar-refractivity contribution in [2.45, 2.75) is 230 Å². The van der Waals surface area contributed by atoms with Gasteiger partial charge in [-0.2, -0.15) is 0 Å². The number of nitrogens with one attached hydrogen (secondary N) is 6. The molecule has 0 saturated carbocycles. The van der Waals surface area contributed by atoms with E-state index in [1.165, 1.54) is 12.1 Å². The molecule has 30 atom stereocenters. The maximum absolute atomic E-state index is 13.8. The van der Waals surface area contributed by atoms with E-state index in [0.717, 1.165) is 40.6 Å². The Balaban J connectivity index is 0.000000416. The first kappa shape index (κ1) is 99.0. The second-order valence-corrected chi connectivity index (χ2v) is 26.1. The molecule has 6 aliphatic rings. The second kappa shape index (κ2) is 49.1. The molecule has 6 heterocycles. The van der Waals surface area contributed by atoms with Gasteiger partial charge >= 0.3 is 6.16 Å². The van der Waals surface area contributed by atoms with E-state index in [9.17, 15) is 110 Å². The van der Waals surface area contributed by atoms with Gasteiger partial charge in [-0.3, -0.25) is 38.9 Å². The predicted molar refractivity (Wildman–Crippen MR) is 372 cm³/mol. The minimum absolute atomic E-state index is 0. The first-order valence-electron chi connectivity index (χ1n) is 36.1. The topological polar surface area (TPSA) is 726 Å². The summed E-state index contributed by atoms with van der Waals surface area (Å²) in [6.07, 6.45) is -56.9. The number of nitrogens with zero attached hydrogens (tertiary/aromatic N) is 1. The van der Waals surface area contributed by atoms with Crippen LogP contribution in [0.3, 0.4) is 0 Å². The van der Waals surface area contributed by atoms with Crippen molar-refractivity contribution in [3.05, 3.63) is 34.4 Å². The Morgan fingerprint density at radius 1 is 0.348 bits per heavy atom. The monoisotopic (exact) mass is 1670 g/mol. The lowest BCUT2D eigenvalue weighted by atomic mass is 9.95. The minimum atomic E-state index is -2.22. The van der Waals surface area contributed by atoms with Crippen LogP contribution in [0.25, 0.3) is 0 Å². The molecule has 0 spiro atoms. The van der Waals surface area contributed by atoms with Crippen LogP contribution in [0, 0.1) is 10.1 Å². The molecule has 1 aromatic carbocycles. The molecule has 1 aromatic rings. The third-order valence-corrected chi connectivity index (χ3v) is 18.3. The second-order valence-electron chi connectivity index (χ2n) is 26.1. The third-order valence-electron chi connectivity index (χ3n) is 18.3. The number of carbonyl (C=O) groups is 7. The first-order valence-corrected chi connectivity index (χ1v) is 36.1. The molecule has 7 rings (SSSR count). The number of ether oxygens (including phenoxy) is 16. The number of methoxy groups -OCH3 is 4. The van der Waals surface area contributed by atoms with Gasteiger partial charge < -0.3 is 195 Å². The molecule has 23 N–H and O–H groups in total. The number of hydrogen-bond acceptors (Lipinski definition) is 42. The zero-order chi connectivity index (χ0) is 84.2. The summed E-state index contributed by atoms with van der Waals surface area (Å²) in [7, 11) is 4.52. The van der Waals surface area contributed by atoms with E-state index in [1.54, 1.807) is 0 Å². The van der Waals surface area contributed by atoms with E-state index in [0.29, 0.717) is 0 Å². The molecule has 6 saturated heterocycles. The van der Waals surface area contributed by atoms with Crippen molar-refractivity contribution in [3.63, 3.8) is 0 Å². The van der Waals surface area contributed by atoms with Crippen LogP contribution in [0.15, 0.2) is 24.3 Å². The Morgan fingerprint density at radius 3 is 0.809 bits per heavy atom. The summed E-state index contributed by atoms with van der Waals surface area (Å²) in [6.45, 7) is -2.19. The number of nitro groups is 1. The minimum Gasteiger partial charge on any atom is -0.434 e. The fraction of sp³-hybridized carbons (Fsp3) is 0.803. The number of nitro benzene ring substituents is 1. The molecule has 0 aliphatic carbocycles. The summed E-state index contributed by atoms with van der Waals surface area (Å²) < 4.78 is 87.2. The summed E-state index contributed by atoms with van der Waals surface area (Å²) >= 11 is 0. The lowest BCUT2D eigenvalue weighted by molar-refractivity contribution is -0.384. The van der Waals surface area contributed by atoms with E-state index in [2.05, 4.69) is 31.9 Å². The summed E-state index contributed by atoms with van der Waals surface area (Å²) in [4.78, 5) is 102. The Labute approximate surface area is 656 Å². The molecular weight excluding hydrogens is 1560 g/mol. The van der Waals surface area contributed by atoms with Gasteiger partial charge in [0.25, 0.3) is 41.1 Å². The van der Waals surface area contributed by atoms with Crippen LogP contribution in [0.4, 0.5) is 10.5 Å². The highest BCUT2D eigenvalue weighted by Crippen LogP contribution is 2.37. The molecule has 49 nitrogen and oxygen atoms in total. The van der Waals surface area contributed by atoms with Crippen molar-refractivity contribution in [1.29, 1.82) is 0 Å². The first-order chi connectivity index (χ1) is 54.4. The van der Waals surface area contributed by atoms with Gasteiger partial charge in [0.2, 0.25) is 0 Å². The Hall–Kier alpha value is -6.53. The maximum Gasteiger partial charge on any atom is 0.513 e. The fourth-order valence-corrected chi connectivity index (χ4v) is 12.1. The number of carbonyl (C=O) groups excluding carboxylic acids is 7.